The predicted molar refractivity (Wildman–Crippen MR) is 106 cm³/mol. The van der Waals surface area contributed by atoms with E-state index in [2.05, 4.69) is 0 Å². The third-order valence-corrected chi connectivity index (χ3v) is 5.12. The summed E-state index contributed by atoms with van der Waals surface area (Å²) in [7, 11) is 3.08. The number of ether oxygens (including phenoxy) is 3. The second-order valence-electron chi connectivity index (χ2n) is 6.92. The average molecular weight is 385 g/mol. The number of amides is 1. The number of carbonyl (C=O) groups excluding carboxylic acids is 1. The Bertz CT molecular complexity index is 812. The number of carbonyl (C=O) groups is 1. The van der Waals surface area contributed by atoms with Gasteiger partial charge in [0.1, 0.15) is 17.2 Å². The normalized spacial score (nSPS) is 15.2. The molecule has 1 N–H and O–H groups in total. The molecule has 6 nitrogen and oxygen atoms in total. The number of phenolic OH excluding ortho intramolecular Hbond substituents is 1. The van der Waals surface area contributed by atoms with E-state index in [1.165, 1.54) is 7.11 Å². The van der Waals surface area contributed by atoms with E-state index in [4.69, 9.17) is 14.2 Å². The molecular formula is C22H27NO5. The van der Waals surface area contributed by atoms with Crippen LogP contribution in [0.2, 0.25) is 0 Å². The molecule has 1 heterocycles. The SMILES string of the molecule is COc1cc(O)c(C(CC(=O)N2CCOCC2)c2ccc(C)cc2)c(OC)c1. The molecule has 0 aromatic heterocycles. The van der Waals surface area contributed by atoms with Gasteiger partial charge in [-0.2, -0.15) is 0 Å². The topological polar surface area (TPSA) is 68.2 Å². The number of nitrogens with zero attached hydrogens (tertiary/aromatic N) is 1. The lowest BCUT2D eigenvalue weighted by Gasteiger charge is -2.29. The Morgan fingerprint density at radius 2 is 1.82 bits per heavy atom. The van der Waals surface area contributed by atoms with Crippen molar-refractivity contribution in [3.63, 3.8) is 0 Å². The van der Waals surface area contributed by atoms with Crippen LogP contribution < -0.4 is 9.47 Å². The fourth-order valence-corrected chi connectivity index (χ4v) is 3.53. The number of benzene rings is 2. The summed E-state index contributed by atoms with van der Waals surface area (Å²) in [6, 6.07) is 11.3. The molecule has 1 fully saturated rings. The first-order valence-electron chi connectivity index (χ1n) is 9.40. The fraction of sp³-hybridized carbons (Fsp3) is 0.409. The van der Waals surface area contributed by atoms with Crippen LogP contribution >= 0.6 is 0 Å². The molecule has 6 heteroatoms. The fourth-order valence-electron chi connectivity index (χ4n) is 3.53. The van der Waals surface area contributed by atoms with E-state index in [-0.39, 0.29) is 24.0 Å². The van der Waals surface area contributed by atoms with Crippen molar-refractivity contribution in [1.82, 2.24) is 4.90 Å². The number of aryl methyl sites for hydroxylation is 1. The van der Waals surface area contributed by atoms with Crippen LogP contribution in [0.15, 0.2) is 36.4 Å². The molecule has 0 aliphatic carbocycles. The maximum atomic E-state index is 13.0. The van der Waals surface area contributed by atoms with Crippen molar-refractivity contribution in [2.24, 2.45) is 0 Å². The highest BCUT2D eigenvalue weighted by molar-refractivity contribution is 5.78. The van der Waals surface area contributed by atoms with E-state index in [0.717, 1.165) is 11.1 Å². The van der Waals surface area contributed by atoms with Gasteiger partial charge in [0.25, 0.3) is 0 Å². The number of rotatable bonds is 6. The van der Waals surface area contributed by atoms with E-state index in [1.807, 2.05) is 36.1 Å². The van der Waals surface area contributed by atoms with Crippen molar-refractivity contribution < 1.29 is 24.1 Å². The van der Waals surface area contributed by atoms with Gasteiger partial charge in [0.15, 0.2) is 0 Å². The van der Waals surface area contributed by atoms with Crippen molar-refractivity contribution in [3.05, 3.63) is 53.1 Å². The summed E-state index contributed by atoms with van der Waals surface area (Å²) in [6.45, 7) is 4.30. The lowest BCUT2D eigenvalue weighted by atomic mass is 9.86. The standard InChI is InChI=1S/C22H27NO5/c1-15-4-6-16(7-5-15)18(14-21(25)23-8-10-28-11-9-23)22-19(24)12-17(26-2)13-20(22)27-3/h4-7,12-13,18,24H,8-11,14H2,1-3H3. The second-order valence-corrected chi connectivity index (χ2v) is 6.92. The molecule has 1 amide bonds. The molecule has 0 radical (unpaired) electrons. The Kier molecular flexibility index (Phi) is 6.41. The van der Waals surface area contributed by atoms with Crippen molar-refractivity contribution >= 4 is 5.91 Å². The van der Waals surface area contributed by atoms with Crippen LogP contribution in [-0.2, 0) is 9.53 Å². The van der Waals surface area contributed by atoms with Crippen molar-refractivity contribution in [2.45, 2.75) is 19.3 Å². The molecule has 2 aromatic rings. The van der Waals surface area contributed by atoms with Crippen LogP contribution in [-0.4, -0.2) is 56.4 Å². The third kappa shape index (κ3) is 4.39. The number of hydrogen-bond donors (Lipinski definition) is 1. The van der Waals surface area contributed by atoms with Gasteiger partial charge in [0.05, 0.1) is 27.4 Å². The molecule has 3 rings (SSSR count). The molecule has 2 aromatic carbocycles. The van der Waals surface area contributed by atoms with Crippen LogP contribution in [0.25, 0.3) is 0 Å². The number of hydrogen-bond acceptors (Lipinski definition) is 5. The van der Waals surface area contributed by atoms with E-state index < -0.39 is 0 Å². The van der Waals surface area contributed by atoms with Gasteiger partial charge in [0.2, 0.25) is 5.91 Å². The molecule has 0 bridgehead atoms. The Morgan fingerprint density at radius 3 is 2.43 bits per heavy atom. The van der Waals surface area contributed by atoms with Crippen LogP contribution in [0.3, 0.4) is 0 Å². The monoisotopic (exact) mass is 385 g/mol. The summed E-state index contributed by atoms with van der Waals surface area (Å²) in [4.78, 5) is 14.8. The average Bonchev–Trinajstić information content (AvgIpc) is 2.73. The molecule has 1 unspecified atom stereocenters. The Labute approximate surface area is 165 Å². The van der Waals surface area contributed by atoms with Gasteiger partial charge in [-0.1, -0.05) is 29.8 Å². The number of phenols is 1. The molecule has 1 aliphatic heterocycles. The Morgan fingerprint density at radius 1 is 1.14 bits per heavy atom. The minimum atomic E-state index is -0.336. The van der Waals surface area contributed by atoms with E-state index in [1.54, 1.807) is 19.2 Å². The van der Waals surface area contributed by atoms with Gasteiger partial charge in [-0.3, -0.25) is 4.79 Å². The maximum Gasteiger partial charge on any atom is 0.223 e. The van der Waals surface area contributed by atoms with Crippen molar-refractivity contribution in [2.75, 3.05) is 40.5 Å². The van der Waals surface area contributed by atoms with Crippen molar-refractivity contribution in [3.8, 4) is 17.2 Å². The number of methoxy groups -OCH3 is 2. The molecule has 150 valence electrons. The third-order valence-electron chi connectivity index (χ3n) is 5.12. The predicted octanol–water partition coefficient (Wildman–Crippen LogP) is 3.10. The van der Waals surface area contributed by atoms with Gasteiger partial charge < -0.3 is 24.2 Å². The number of aromatic hydroxyl groups is 1. The smallest absolute Gasteiger partial charge is 0.223 e. The van der Waals surface area contributed by atoms with E-state index >= 15 is 0 Å². The zero-order chi connectivity index (χ0) is 20.1. The molecular weight excluding hydrogens is 358 g/mol. The van der Waals surface area contributed by atoms with Crippen LogP contribution in [0.5, 0.6) is 17.2 Å². The van der Waals surface area contributed by atoms with Gasteiger partial charge in [-0.15, -0.1) is 0 Å². The molecule has 1 aliphatic rings. The first kappa shape index (κ1) is 20.0. The zero-order valence-electron chi connectivity index (χ0n) is 16.6. The molecule has 0 saturated carbocycles. The summed E-state index contributed by atoms with van der Waals surface area (Å²) in [5.41, 5.74) is 2.67. The highest BCUT2D eigenvalue weighted by Gasteiger charge is 2.28. The first-order chi connectivity index (χ1) is 13.5. The highest BCUT2D eigenvalue weighted by atomic mass is 16.5. The van der Waals surface area contributed by atoms with Crippen LogP contribution in [0.4, 0.5) is 0 Å². The summed E-state index contributed by atoms with van der Waals surface area (Å²) in [6.07, 6.45) is 0.235. The summed E-state index contributed by atoms with van der Waals surface area (Å²) in [5, 5.41) is 10.7. The minimum Gasteiger partial charge on any atom is -0.507 e. The van der Waals surface area contributed by atoms with E-state index in [9.17, 15) is 9.90 Å². The maximum absolute atomic E-state index is 13.0. The minimum absolute atomic E-state index is 0.0335. The van der Waals surface area contributed by atoms with Crippen LogP contribution in [0.1, 0.15) is 29.0 Å². The highest BCUT2D eigenvalue weighted by Crippen LogP contribution is 2.43. The first-order valence-corrected chi connectivity index (χ1v) is 9.40. The second kappa shape index (κ2) is 8.97. The molecule has 1 saturated heterocycles. The largest absolute Gasteiger partial charge is 0.507 e. The molecule has 1 atom stereocenters. The summed E-state index contributed by atoms with van der Waals surface area (Å²) in [5.74, 6) is 0.747. The summed E-state index contributed by atoms with van der Waals surface area (Å²) < 4.78 is 16.1. The summed E-state index contributed by atoms with van der Waals surface area (Å²) >= 11 is 0. The quantitative estimate of drug-likeness (QED) is 0.828. The van der Waals surface area contributed by atoms with Gasteiger partial charge in [0, 0.05) is 43.1 Å². The van der Waals surface area contributed by atoms with Gasteiger partial charge in [-0.25, -0.2) is 0 Å². The van der Waals surface area contributed by atoms with Crippen molar-refractivity contribution in [1.29, 1.82) is 0 Å². The molecule has 0 spiro atoms. The Balaban J connectivity index is 2.01. The van der Waals surface area contributed by atoms with E-state index in [0.29, 0.717) is 43.4 Å². The Hall–Kier alpha value is -2.73. The number of morpholine rings is 1. The van der Waals surface area contributed by atoms with Gasteiger partial charge in [-0.05, 0) is 12.5 Å². The lowest BCUT2D eigenvalue weighted by molar-refractivity contribution is -0.135. The lowest BCUT2D eigenvalue weighted by Crippen LogP contribution is -2.41. The van der Waals surface area contributed by atoms with Crippen LogP contribution in [0, 0.1) is 6.92 Å². The van der Waals surface area contributed by atoms with Gasteiger partial charge >= 0.3 is 0 Å². The zero-order valence-corrected chi connectivity index (χ0v) is 16.6. The molecule has 28 heavy (non-hydrogen) atoms.